The second kappa shape index (κ2) is 8.35. The fourth-order valence-corrected chi connectivity index (χ4v) is 3.30. The number of imide groups is 1. The van der Waals surface area contributed by atoms with Crippen molar-refractivity contribution >= 4 is 17.7 Å². The summed E-state index contributed by atoms with van der Waals surface area (Å²) in [5, 5.41) is 2.60. The molecule has 2 atom stereocenters. The summed E-state index contributed by atoms with van der Waals surface area (Å²) in [6.07, 6.45) is 3.77. The van der Waals surface area contributed by atoms with E-state index in [4.69, 9.17) is 5.73 Å². The van der Waals surface area contributed by atoms with Crippen LogP contribution < -0.4 is 11.1 Å². The molecule has 148 valence electrons. The number of aromatic nitrogens is 2. The van der Waals surface area contributed by atoms with Gasteiger partial charge < -0.3 is 15.6 Å². The maximum atomic E-state index is 12.4. The first kappa shape index (κ1) is 19.8. The minimum absolute atomic E-state index is 0.0266. The molecular formula is C20H25N5O3. The number of likely N-dealkylation sites (tertiary alicyclic amines) is 1. The second-order valence-corrected chi connectivity index (χ2v) is 7.29. The third-order valence-corrected chi connectivity index (χ3v) is 4.68. The SMILES string of the molecule is CC(C)N1C(=O)CC(NC(=O)[C@@H](N)Cc2cn(Cc3ccccc3)cn2)C1=O. The smallest absolute Gasteiger partial charge is 0.252 e. The molecule has 1 aliphatic heterocycles. The van der Waals surface area contributed by atoms with Crippen molar-refractivity contribution in [3.8, 4) is 0 Å². The molecule has 3 N–H and O–H groups in total. The molecule has 1 saturated heterocycles. The van der Waals surface area contributed by atoms with Crippen LogP contribution in [0.3, 0.4) is 0 Å². The van der Waals surface area contributed by atoms with Crippen LogP contribution in [-0.2, 0) is 27.3 Å². The minimum atomic E-state index is -0.851. The standard InChI is InChI=1S/C20H25N5O3/c1-13(2)25-18(26)9-17(20(25)28)23-19(27)16(21)8-15-11-24(12-22-15)10-14-6-4-3-5-7-14/h3-7,11-13,16-17H,8-10,21H2,1-2H3,(H,23,27)/t16-,17?/m0/s1. The molecule has 0 radical (unpaired) electrons. The molecular weight excluding hydrogens is 358 g/mol. The van der Waals surface area contributed by atoms with Gasteiger partial charge in [-0.15, -0.1) is 0 Å². The average molecular weight is 383 g/mol. The van der Waals surface area contributed by atoms with E-state index in [1.54, 1.807) is 20.2 Å². The van der Waals surface area contributed by atoms with Gasteiger partial charge in [-0.25, -0.2) is 4.98 Å². The van der Waals surface area contributed by atoms with Crippen molar-refractivity contribution in [2.45, 2.75) is 51.4 Å². The summed E-state index contributed by atoms with van der Waals surface area (Å²) < 4.78 is 1.93. The largest absolute Gasteiger partial charge is 0.342 e. The molecule has 3 rings (SSSR count). The number of carbonyl (C=O) groups is 3. The van der Waals surface area contributed by atoms with Crippen molar-refractivity contribution < 1.29 is 14.4 Å². The van der Waals surface area contributed by atoms with Gasteiger partial charge >= 0.3 is 0 Å². The molecule has 0 saturated carbocycles. The van der Waals surface area contributed by atoms with Crippen molar-refractivity contribution in [2.75, 3.05) is 0 Å². The van der Waals surface area contributed by atoms with Crippen molar-refractivity contribution in [3.05, 3.63) is 54.1 Å². The van der Waals surface area contributed by atoms with E-state index >= 15 is 0 Å². The van der Waals surface area contributed by atoms with Gasteiger partial charge in [-0.3, -0.25) is 19.3 Å². The van der Waals surface area contributed by atoms with Crippen LogP contribution in [0.1, 0.15) is 31.5 Å². The van der Waals surface area contributed by atoms with Crippen LogP contribution in [0, 0.1) is 0 Å². The zero-order valence-electron chi connectivity index (χ0n) is 16.0. The summed E-state index contributed by atoms with van der Waals surface area (Å²) in [5.74, 6) is -1.12. The lowest BCUT2D eigenvalue weighted by atomic mass is 10.1. The summed E-state index contributed by atoms with van der Waals surface area (Å²) in [5.41, 5.74) is 7.83. The highest BCUT2D eigenvalue weighted by molar-refractivity contribution is 6.07. The Morgan fingerprint density at radius 3 is 2.64 bits per heavy atom. The third-order valence-electron chi connectivity index (χ3n) is 4.68. The highest BCUT2D eigenvalue weighted by Gasteiger charge is 2.41. The van der Waals surface area contributed by atoms with E-state index in [1.807, 2.05) is 41.1 Å². The van der Waals surface area contributed by atoms with Gasteiger partial charge in [0.1, 0.15) is 6.04 Å². The van der Waals surface area contributed by atoms with E-state index in [1.165, 1.54) is 4.90 Å². The number of nitrogens with two attached hydrogens (primary N) is 1. The summed E-state index contributed by atoms with van der Waals surface area (Å²) in [6.45, 7) is 4.20. The first-order valence-corrected chi connectivity index (χ1v) is 9.31. The van der Waals surface area contributed by atoms with Gasteiger partial charge in [-0.05, 0) is 19.4 Å². The Hall–Kier alpha value is -3.00. The van der Waals surface area contributed by atoms with Crippen molar-refractivity contribution in [2.24, 2.45) is 5.73 Å². The summed E-state index contributed by atoms with van der Waals surface area (Å²) in [4.78, 5) is 42.1. The maximum absolute atomic E-state index is 12.4. The number of benzene rings is 1. The minimum Gasteiger partial charge on any atom is -0.342 e. The Morgan fingerprint density at radius 2 is 2.00 bits per heavy atom. The molecule has 2 heterocycles. The van der Waals surface area contributed by atoms with Crippen LogP contribution in [0.4, 0.5) is 0 Å². The highest BCUT2D eigenvalue weighted by Crippen LogP contribution is 2.16. The Labute approximate surface area is 163 Å². The van der Waals surface area contributed by atoms with Crippen LogP contribution in [0.15, 0.2) is 42.9 Å². The average Bonchev–Trinajstić information content (AvgIpc) is 3.19. The number of rotatable bonds is 7. The molecule has 8 heteroatoms. The number of carbonyl (C=O) groups excluding carboxylic acids is 3. The number of imidazole rings is 1. The van der Waals surface area contributed by atoms with Gasteiger partial charge in [-0.2, -0.15) is 0 Å². The second-order valence-electron chi connectivity index (χ2n) is 7.29. The zero-order chi connectivity index (χ0) is 20.3. The van der Waals surface area contributed by atoms with Crippen LogP contribution in [0.2, 0.25) is 0 Å². The quantitative estimate of drug-likeness (QED) is 0.675. The number of hydrogen-bond acceptors (Lipinski definition) is 5. The van der Waals surface area contributed by atoms with Crippen molar-refractivity contribution in [1.29, 1.82) is 0 Å². The Bertz CT molecular complexity index is 862. The van der Waals surface area contributed by atoms with Gasteiger partial charge in [0.2, 0.25) is 11.8 Å². The molecule has 1 aromatic heterocycles. The maximum Gasteiger partial charge on any atom is 0.252 e. The molecule has 0 spiro atoms. The molecule has 3 amide bonds. The molecule has 28 heavy (non-hydrogen) atoms. The van der Waals surface area contributed by atoms with E-state index in [0.29, 0.717) is 12.2 Å². The fraction of sp³-hybridized carbons (Fsp3) is 0.400. The number of nitrogens with one attached hydrogen (secondary N) is 1. The lowest BCUT2D eigenvalue weighted by molar-refractivity contribution is -0.141. The van der Waals surface area contributed by atoms with Crippen LogP contribution in [0.25, 0.3) is 0 Å². The Kier molecular flexibility index (Phi) is 5.89. The van der Waals surface area contributed by atoms with Gasteiger partial charge in [0.25, 0.3) is 5.91 Å². The lowest BCUT2D eigenvalue weighted by Gasteiger charge is -2.19. The molecule has 0 bridgehead atoms. The molecule has 1 unspecified atom stereocenters. The predicted molar refractivity (Wildman–Crippen MR) is 103 cm³/mol. The predicted octanol–water partition coefficient (Wildman–Crippen LogP) is 0.453. The molecule has 1 aromatic carbocycles. The highest BCUT2D eigenvalue weighted by atomic mass is 16.2. The Balaban J connectivity index is 1.55. The van der Waals surface area contributed by atoms with Gasteiger partial charge in [-0.1, -0.05) is 30.3 Å². The number of hydrogen-bond donors (Lipinski definition) is 2. The van der Waals surface area contributed by atoms with E-state index in [-0.39, 0.29) is 30.7 Å². The molecule has 1 fully saturated rings. The zero-order valence-corrected chi connectivity index (χ0v) is 16.0. The molecule has 2 aromatic rings. The van der Waals surface area contributed by atoms with Crippen molar-refractivity contribution in [1.82, 2.24) is 19.8 Å². The van der Waals surface area contributed by atoms with Gasteiger partial charge in [0.15, 0.2) is 0 Å². The molecule has 0 aliphatic carbocycles. The fourth-order valence-electron chi connectivity index (χ4n) is 3.30. The van der Waals surface area contributed by atoms with E-state index in [9.17, 15) is 14.4 Å². The monoisotopic (exact) mass is 383 g/mol. The number of amides is 3. The van der Waals surface area contributed by atoms with Crippen molar-refractivity contribution in [3.63, 3.8) is 0 Å². The normalized spacial score (nSPS) is 18.0. The third kappa shape index (κ3) is 4.45. The lowest BCUT2D eigenvalue weighted by Crippen LogP contribution is -2.49. The summed E-state index contributed by atoms with van der Waals surface area (Å²) >= 11 is 0. The van der Waals surface area contributed by atoms with E-state index in [0.717, 1.165) is 5.56 Å². The summed E-state index contributed by atoms with van der Waals surface area (Å²) in [6, 6.07) is 8.04. The first-order chi connectivity index (χ1) is 13.3. The molecule has 1 aliphatic rings. The van der Waals surface area contributed by atoms with Gasteiger partial charge in [0.05, 0.1) is 24.5 Å². The van der Waals surface area contributed by atoms with Gasteiger partial charge in [0, 0.05) is 25.2 Å². The van der Waals surface area contributed by atoms with E-state index < -0.39 is 18.0 Å². The summed E-state index contributed by atoms with van der Waals surface area (Å²) in [7, 11) is 0. The van der Waals surface area contributed by atoms with E-state index in [2.05, 4.69) is 10.3 Å². The topological polar surface area (TPSA) is 110 Å². The van der Waals surface area contributed by atoms with Crippen LogP contribution >= 0.6 is 0 Å². The Morgan fingerprint density at radius 1 is 1.29 bits per heavy atom. The first-order valence-electron chi connectivity index (χ1n) is 9.31. The van der Waals surface area contributed by atoms with Crippen LogP contribution in [-0.4, -0.2) is 50.3 Å². The molecule has 8 nitrogen and oxygen atoms in total. The number of nitrogens with zero attached hydrogens (tertiary/aromatic N) is 3. The van der Waals surface area contributed by atoms with Crippen LogP contribution in [0.5, 0.6) is 0 Å².